The van der Waals surface area contributed by atoms with Crippen molar-refractivity contribution >= 4 is 29.3 Å². The van der Waals surface area contributed by atoms with Gasteiger partial charge in [0, 0.05) is 25.3 Å². The molecule has 1 aromatic carbocycles. The quantitative estimate of drug-likeness (QED) is 0.672. The summed E-state index contributed by atoms with van der Waals surface area (Å²) < 4.78 is 7.62. The largest absolute Gasteiger partial charge is 0.378 e. The van der Waals surface area contributed by atoms with Crippen molar-refractivity contribution in [1.29, 1.82) is 0 Å². The Kier molecular flexibility index (Phi) is 7.41. The van der Waals surface area contributed by atoms with Crippen LogP contribution < -0.4 is 10.2 Å². The summed E-state index contributed by atoms with van der Waals surface area (Å²) in [6, 6.07) is 4.18. The first-order valence-electron chi connectivity index (χ1n) is 10.6. The Morgan fingerprint density at radius 1 is 1.13 bits per heavy atom. The molecule has 8 heteroatoms. The van der Waals surface area contributed by atoms with Crippen molar-refractivity contribution in [2.75, 3.05) is 36.5 Å². The van der Waals surface area contributed by atoms with E-state index in [0.29, 0.717) is 19.1 Å². The second kappa shape index (κ2) is 9.83. The number of ether oxygens (including phenoxy) is 1. The molecule has 1 saturated heterocycles. The average molecular weight is 432 g/mol. The van der Waals surface area contributed by atoms with E-state index in [1.54, 1.807) is 0 Å². The zero-order valence-electron chi connectivity index (χ0n) is 18.9. The number of hydrogen-bond acceptors (Lipinski definition) is 6. The second-order valence-electron chi connectivity index (χ2n) is 8.41. The molecule has 1 atom stereocenters. The third-order valence-electron chi connectivity index (χ3n) is 5.12. The number of amides is 1. The average Bonchev–Trinajstić information content (AvgIpc) is 3.06. The molecule has 1 aromatic heterocycles. The molecule has 7 nitrogen and oxygen atoms in total. The molecule has 0 bridgehead atoms. The van der Waals surface area contributed by atoms with Crippen molar-refractivity contribution in [2.45, 2.75) is 58.5 Å². The summed E-state index contributed by atoms with van der Waals surface area (Å²) in [5, 5.41) is 12.5. The lowest BCUT2D eigenvalue weighted by molar-refractivity contribution is -0.115. The number of nitrogens with one attached hydrogen (secondary N) is 1. The number of nitrogens with zero attached hydrogens (tertiary/aromatic N) is 4. The van der Waals surface area contributed by atoms with Crippen LogP contribution in [0.15, 0.2) is 17.3 Å². The molecular formula is C22H33N5O2S. The van der Waals surface area contributed by atoms with Gasteiger partial charge in [0.25, 0.3) is 0 Å². The number of thioether (sulfide) groups is 1. The Morgan fingerprint density at radius 3 is 2.37 bits per heavy atom. The highest BCUT2D eigenvalue weighted by Crippen LogP contribution is 2.29. The number of morpholine rings is 1. The van der Waals surface area contributed by atoms with Gasteiger partial charge in [-0.15, -0.1) is 10.2 Å². The van der Waals surface area contributed by atoms with Crippen molar-refractivity contribution in [3.05, 3.63) is 28.8 Å². The predicted molar refractivity (Wildman–Crippen MR) is 122 cm³/mol. The number of carbonyl (C=O) groups excluding carboxylic acids is 1. The highest BCUT2D eigenvalue weighted by atomic mass is 32.2. The fraction of sp³-hybridized carbons (Fsp3) is 0.591. The van der Waals surface area contributed by atoms with Crippen LogP contribution in [0.5, 0.6) is 0 Å². The van der Waals surface area contributed by atoms with Crippen LogP contribution in [0.25, 0.3) is 0 Å². The Morgan fingerprint density at radius 2 is 1.77 bits per heavy atom. The summed E-state index contributed by atoms with van der Waals surface area (Å²) in [6.45, 7) is 16.2. The van der Waals surface area contributed by atoms with Gasteiger partial charge in [-0.3, -0.25) is 9.36 Å². The van der Waals surface area contributed by atoms with E-state index in [2.05, 4.69) is 57.9 Å². The number of aromatic nitrogens is 3. The maximum atomic E-state index is 12.9. The molecule has 1 aliphatic rings. The molecule has 0 spiro atoms. The Labute approximate surface area is 183 Å². The number of carbonyl (C=O) groups is 1. The van der Waals surface area contributed by atoms with Crippen LogP contribution in [0.4, 0.5) is 11.6 Å². The Bertz CT molecular complexity index is 867. The number of hydrogen-bond donors (Lipinski definition) is 1. The van der Waals surface area contributed by atoms with Gasteiger partial charge in [0.2, 0.25) is 11.9 Å². The van der Waals surface area contributed by atoms with E-state index in [9.17, 15) is 4.79 Å². The Hall–Kier alpha value is -2.06. The summed E-state index contributed by atoms with van der Waals surface area (Å²) in [7, 11) is 0. The highest BCUT2D eigenvalue weighted by Gasteiger charge is 2.24. The molecule has 1 aliphatic heterocycles. The monoisotopic (exact) mass is 431 g/mol. The minimum absolute atomic E-state index is 0.0259. The molecule has 2 heterocycles. The standard InChI is InChI=1S/C22H33N5O2S/c1-14(2)13-27-21(26-7-9-29-10-8-26)24-25-22(27)30-18(6)20(28)23-19-16(4)11-15(3)12-17(19)5/h11-12,14,18H,7-10,13H2,1-6H3,(H,23,28). The lowest BCUT2D eigenvalue weighted by Gasteiger charge is -2.28. The van der Waals surface area contributed by atoms with Crippen molar-refractivity contribution < 1.29 is 9.53 Å². The van der Waals surface area contributed by atoms with Crippen LogP contribution in [0.2, 0.25) is 0 Å². The van der Waals surface area contributed by atoms with E-state index >= 15 is 0 Å². The maximum Gasteiger partial charge on any atom is 0.237 e. The molecule has 0 saturated carbocycles. The smallest absolute Gasteiger partial charge is 0.237 e. The molecule has 0 aliphatic carbocycles. The fourth-order valence-corrected chi connectivity index (χ4v) is 4.56. The first-order chi connectivity index (χ1) is 14.3. The van der Waals surface area contributed by atoms with Crippen LogP contribution in [-0.4, -0.2) is 52.2 Å². The third-order valence-corrected chi connectivity index (χ3v) is 6.20. The Balaban J connectivity index is 1.76. The number of benzene rings is 1. The summed E-state index contributed by atoms with van der Waals surface area (Å²) >= 11 is 1.46. The molecule has 3 rings (SSSR count). The first kappa shape index (κ1) is 22.6. The normalized spacial score (nSPS) is 15.5. The van der Waals surface area contributed by atoms with E-state index in [1.807, 2.05) is 20.8 Å². The van der Waals surface area contributed by atoms with Crippen molar-refractivity contribution in [1.82, 2.24) is 14.8 Å². The molecule has 164 valence electrons. The van der Waals surface area contributed by atoms with Crippen LogP contribution in [0.1, 0.15) is 37.5 Å². The van der Waals surface area contributed by atoms with Gasteiger partial charge in [-0.05, 0) is 44.7 Å². The summed E-state index contributed by atoms with van der Waals surface area (Å²) in [4.78, 5) is 15.1. The molecule has 1 amide bonds. The van der Waals surface area contributed by atoms with Crippen LogP contribution in [0.3, 0.4) is 0 Å². The van der Waals surface area contributed by atoms with Gasteiger partial charge in [0.05, 0.1) is 18.5 Å². The zero-order chi connectivity index (χ0) is 21.8. The van der Waals surface area contributed by atoms with Gasteiger partial charge in [-0.2, -0.15) is 0 Å². The number of anilines is 2. The lowest BCUT2D eigenvalue weighted by Crippen LogP contribution is -2.38. The van der Waals surface area contributed by atoms with Gasteiger partial charge in [0.1, 0.15) is 0 Å². The summed E-state index contributed by atoms with van der Waals surface area (Å²) in [5.41, 5.74) is 4.25. The minimum atomic E-state index is -0.294. The van der Waals surface area contributed by atoms with Gasteiger partial charge in [0.15, 0.2) is 5.16 Å². The van der Waals surface area contributed by atoms with Crippen molar-refractivity contribution in [3.8, 4) is 0 Å². The van der Waals surface area contributed by atoms with E-state index in [0.717, 1.165) is 47.6 Å². The van der Waals surface area contributed by atoms with Crippen LogP contribution >= 0.6 is 11.8 Å². The third kappa shape index (κ3) is 5.35. The zero-order valence-corrected chi connectivity index (χ0v) is 19.7. The van der Waals surface area contributed by atoms with Crippen molar-refractivity contribution in [2.24, 2.45) is 5.92 Å². The second-order valence-corrected chi connectivity index (χ2v) is 9.72. The molecule has 1 fully saturated rings. The fourth-order valence-electron chi connectivity index (χ4n) is 3.70. The van der Waals surface area contributed by atoms with Gasteiger partial charge < -0.3 is 15.0 Å². The number of aryl methyl sites for hydroxylation is 3. The minimum Gasteiger partial charge on any atom is -0.378 e. The summed E-state index contributed by atoms with van der Waals surface area (Å²) in [6.07, 6.45) is 0. The predicted octanol–water partition coefficient (Wildman–Crippen LogP) is 3.82. The van der Waals surface area contributed by atoms with Gasteiger partial charge in [-0.1, -0.05) is 43.3 Å². The van der Waals surface area contributed by atoms with Crippen LogP contribution in [0, 0.1) is 26.7 Å². The highest BCUT2D eigenvalue weighted by molar-refractivity contribution is 8.00. The first-order valence-corrected chi connectivity index (χ1v) is 11.5. The van der Waals surface area contributed by atoms with E-state index in [-0.39, 0.29) is 11.2 Å². The van der Waals surface area contributed by atoms with E-state index in [1.165, 1.54) is 17.3 Å². The van der Waals surface area contributed by atoms with Crippen LogP contribution in [-0.2, 0) is 16.1 Å². The SMILES string of the molecule is Cc1cc(C)c(NC(=O)C(C)Sc2nnc(N3CCOCC3)n2CC(C)C)c(C)c1. The maximum absolute atomic E-state index is 12.9. The van der Waals surface area contributed by atoms with Gasteiger partial charge >= 0.3 is 0 Å². The van der Waals surface area contributed by atoms with Crippen molar-refractivity contribution in [3.63, 3.8) is 0 Å². The molecule has 1 N–H and O–H groups in total. The molecule has 30 heavy (non-hydrogen) atoms. The van der Waals surface area contributed by atoms with E-state index < -0.39 is 0 Å². The van der Waals surface area contributed by atoms with E-state index in [4.69, 9.17) is 4.74 Å². The molecule has 2 aromatic rings. The molecular weight excluding hydrogens is 398 g/mol. The lowest BCUT2D eigenvalue weighted by atomic mass is 10.1. The molecule has 0 radical (unpaired) electrons. The summed E-state index contributed by atoms with van der Waals surface area (Å²) in [5.74, 6) is 1.29. The van der Waals surface area contributed by atoms with Gasteiger partial charge in [-0.25, -0.2) is 0 Å². The number of rotatable bonds is 7. The molecule has 1 unspecified atom stereocenters. The topological polar surface area (TPSA) is 72.3 Å².